The van der Waals surface area contributed by atoms with E-state index in [1.807, 2.05) is 66.7 Å². The van der Waals surface area contributed by atoms with Gasteiger partial charge in [0.25, 0.3) is 0 Å². The maximum Gasteiger partial charge on any atom is 0.247 e. The fourth-order valence-electron chi connectivity index (χ4n) is 4.84. The van der Waals surface area contributed by atoms with Crippen LogP contribution < -0.4 is 19.5 Å². The number of carbonyl (C=O) groups is 1. The molecule has 1 saturated heterocycles. The second kappa shape index (κ2) is 10.7. The summed E-state index contributed by atoms with van der Waals surface area (Å²) in [6.45, 7) is 0.600. The van der Waals surface area contributed by atoms with Crippen molar-refractivity contribution in [3.05, 3.63) is 89.5 Å². The third-order valence-corrected chi connectivity index (χ3v) is 6.70. The minimum Gasteiger partial charge on any atom is -0.493 e. The molecule has 1 aliphatic heterocycles. The Hall–Kier alpha value is -3.73. The topological polar surface area (TPSA) is 56.8 Å². The molecule has 3 aromatic carbocycles. The van der Waals surface area contributed by atoms with Gasteiger partial charge in [-0.1, -0.05) is 36.4 Å². The molecule has 1 aliphatic carbocycles. The zero-order valence-electron chi connectivity index (χ0n) is 20.0. The van der Waals surface area contributed by atoms with E-state index in [2.05, 4.69) is 17.4 Å². The van der Waals surface area contributed by atoms with E-state index in [4.69, 9.17) is 14.2 Å². The van der Waals surface area contributed by atoms with E-state index in [0.29, 0.717) is 13.0 Å². The van der Waals surface area contributed by atoms with Crippen LogP contribution in [-0.2, 0) is 4.79 Å². The lowest BCUT2D eigenvalue weighted by atomic mass is 9.87. The van der Waals surface area contributed by atoms with Gasteiger partial charge in [-0.25, -0.2) is 0 Å². The monoisotopic (exact) mass is 469 g/mol. The van der Waals surface area contributed by atoms with Gasteiger partial charge in [0.15, 0.2) is 11.5 Å². The number of piperidine rings is 1. The van der Waals surface area contributed by atoms with Gasteiger partial charge in [0.1, 0.15) is 11.5 Å². The first kappa shape index (κ1) is 23.0. The molecular weight excluding hydrogens is 438 g/mol. The number of benzene rings is 3. The van der Waals surface area contributed by atoms with Crippen molar-refractivity contribution in [2.75, 3.05) is 13.7 Å². The fraction of sp³-hybridized carbons (Fsp3) is 0.300. The first-order valence-corrected chi connectivity index (χ1v) is 12.3. The van der Waals surface area contributed by atoms with Gasteiger partial charge in [-0.3, -0.25) is 4.79 Å². The van der Waals surface area contributed by atoms with E-state index >= 15 is 0 Å². The summed E-state index contributed by atoms with van der Waals surface area (Å²) in [6, 6.07) is 23.6. The van der Waals surface area contributed by atoms with Crippen LogP contribution in [0.15, 0.2) is 78.4 Å². The highest BCUT2D eigenvalue weighted by atomic mass is 16.5. The van der Waals surface area contributed by atoms with Crippen molar-refractivity contribution in [1.29, 1.82) is 0 Å². The standard InChI is InChI=1S/C30H31NO4/c1-33-28-15-14-22(19-29(28)35-26-11-5-6-12-26)24-18-23(30(32)31-20-24)16-21-8-7-13-27(17-21)34-25-9-3-2-4-10-25/h2-4,7-10,13-17,19,24,26H,5-6,11-12,18,20H2,1H3,(H,31,32)/b23-16+. The van der Waals surface area contributed by atoms with Crippen LogP contribution in [0.1, 0.15) is 49.1 Å². The average molecular weight is 470 g/mol. The van der Waals surface area contributed by atoms with Crippen LogP contribution >= 0.6 is 0 Å². The maximum absolute atomic E-state index is 12.7. The molecule has 1 unspecified atom stereocenters. The molecule has 0 bridgehead atoms. The van der Waals surface area contributed by atoms with Gasteiger partial charge in [-0.2, -0.15) is 0 Å². The number of hydrogen-bond donors (Lipinski definition) is 1. The summed E-state index contributed by atoms with van der Waals surface area (Å²) in [5.41, 5.74) is 2.84. The molecule has 1 N–H and O–H groups in total. The largest absolute Gasteiger partial charge is 0.493 e. The zero-order valence-corrected chi connectivity index (χ0v) is 20.0. The molecule has 0 aromatic heterocycles. The van der Waals surface area contributed by atoms with E-state index < -0.39 is 0 Å². The number of amides is 1. The van der Waals surface area contributed by atoms with E-state index in [-0.39, 0.29) is 17.9 Å². The molecule has 1 atom stereocenters. The second-order valence-electron chi connectivity index (χ2n) is 9.20. The molecule has 180 valence electrons. The lowest BCUT2D eigenvalue weighted by Crippen LogP contribution is -2.35. The Balaban J connectivity index is 1.34. The van der Waals surface area contributed by atoms with Gasteiger partial charge in [0.05, 0.1) is 13.2 Å². The molecule has 35 heavy (non-hydrogen) atoms. The first-order chi connectivity index (χ1) is 17.2. The molecule has 2 aliphatic rings. The Bertz CT molecular complexity index is 1200. The van der Waals surface area contributed by atoms with Gasteiger partial charge >= 0.3 is 0 Å². The smallest absolute Gasteiger partial charge is 0.247 e. The lowest BCUT2D eigenvalue weighted by molar-refractivity contribution is -0.118. The molecule has 5 nitrogen and oxygen atoms in total. The summed E-state index contributed by atoms with van der Waals surface area (Å²) in [5, 5.41) is 3.07. The molecule has 5 heteroatoms. The molecule has 1 amide bonds. The van der Waals surface area contributed by atoms with Crippen molar-refractivity contribution in [2.24, 2.45) is 0 Å². The van der Waals surface area contributed by atoms with Gasteiger partial charge in [-0.05, 0) is 85.7 Å². The number of carbonyl (C=O) groups excluding carboxylic acids is 1. The zero-order chi connectivity index (χ0) is 24.0. The number of methoxy groups -OCH3 is 1. The lowest BCUT2D eigenvalue weighted by Gasteiger charge is -2.26. The summed E-state index contributed by atoms with van der Waals surface area (Å²) in [7, 11) is 1.67. The third kappa shape index (κ3) is 5.68. The third-order valence-electron chi connectivity index (χ3n) is 6.70. The highest BCUT2D eigenvalue weighted by Gasteiger charge is 2.26. The summed E-state index contributed by atoms with van der Waals surface area (Å²) in [4.78, 5) is 12.7. The van der Waals surface area contributed by atoms with Crippen LogP contribution in [0.5, 0.6) is 23.0 Å². The molecule has 5 rings (SSSR count). The van der Waals surface area contributed by atoms with E-state index in [1.54, 1.807) is 7.11 Å². The molecule has 1 saturated carbocycles. The molecular formula is C30H31NO4. The predicted octanol–water partition coefficient (Wildman–Crippen LogP) is 6.50. The fourth-order valence-corrected chi connectivity index (χ4v) is 4.84. The van der Waals surface area contributed by atoms with Gasteiger partial charge in [0, 0.05) is 18.0 Å². The van der Waals surface area contributed by atoms with Crippen molar-refractivity contribution in [3.8, 4) is 23.0 Å². The minimum atomic E-state index is -0.0217. The van der Waals surface area contributed by atoms with Crippen LogP contribution in [-0.4, -0.2) is 25.7 Å². The first-order valence-electron chi connectivity index (χ1n) is 12.3. The highest BCUT2D eigenvalue weighted by molar-refractivity contribution is 5.98. The van der Waals surface area contributed by atoms with Crippen molar-refractivity contribution >= 4 is 12.0 Å². The summed E-state index contributed by atoms with van der Waals surface area (Å²) in [6.07, 6.45) is 7.48. The van der Waals surface area contributed by atoms with Crippen LogP contribution in [0.3, 0.4) is 0 Å². The summed E-state index contributed by atoms with van der Waals surface area (Å²) >= 11 is 0. The maximum atomic E-state index is 12.7. The Morgan fingerprint density at radius 3 is 2.49 bits per heavy atom. The average Bonchev–Trinajstić information content (AvgIpc) is 3.39. The van der Waals surface area contributed by atoms with Gasteiger partial charge in [-0.15, -0.1) is 0 Å². The molecule has 0 radical (unpaired) electrons. The van der Waals surface area contributed by atoms with Crippen molar-refractivity contribution in [1.82, 2.24) is 5.32 Å². The normalized spacial score (nSPS) is 19.4. The Kier molecular flexibility index (Phi) is 7.03. The summed E-state index contributed by atoms with van der Waals surface area (Å²) in [5.74, 6) is 3.22. The number of nitrogens with one attached hydrogen (secondary N) is 1. The van der Waals surface area contributed by atoms with E-state index in [1.165, 1.54) is 12.8 Å². The number of rotatable bonds is 7. The van der Waals surface area contributed by atoms with Crippen molar-refractivity contribution in [3.63, 3.8) is 0 Å². The SMILES string of the molecule is COc1ccc(C2CNC(=O)/C(=C/c3cccc(Oc4ccccc4)c3)C2)cc1OC1CCCC1. The Morgan fingerprint density at radius 1 is 0.886 bits per heavy atom. The summed E-state index contributed by atoms with van der Waals surface area (Å²) < 4.78 is 17.8. The Labute approximate surface area is 206 Å². The molecule has 0 spiro atoms. The van der Waals surface area contributed by atoms with Crippen LogP contribution in [0.25, 0.3) is 6.08 Å². The van der Waals surface area contributed by atoms with Crippen molar-refractivity contribution < 1.29 is 19.0 Å². The number of para-hydroxylation sites is 1. The Morgan fingerprint density at radius 2 is 1.69 bits per heavy atom. The second-order valence-corrected chi connectivity index (χ2v) is 9.20. The van der Waals surface area contributed by atoms with Crippen LogP contribution in [0.2, 0.25) is 0 Å². The van der Waals surface area contributed by atoms with Crippen LogP contribution in [0, 0.1) is 0 Å². The molecule has 3 aromatic rings. The quantitative estimate of drug-likeness (QED) is 0.402. The predicted molar refractivity (Wildman–Crippen MR) is 137 cm³/mol. The minimum absolute atomic E-state index is 0.0217. The van der Waals surface area contributed by atoms with E-state index in [9.17, 15) is 4.79 Å². The van der Waals surface area contributed by atoms with Gasteiger partial charge < -0.3 is 19.5 Å². The van der Waals surface area contributed by atoms with Gasteiger partial charge in [0.2, 0.25) is 5.91 Å². The van der Waals surface area contributed by atoms with E-state index in [0.717, 1.165) is 52.5 Å². The molecule has 1 heterocycles. The number of ether oxygens (including phenoxy) is 3. The highest BCUT2D eigenvalue weighted by Crippen LogP contribution is 2.37. The molecule has 2 fully saturated rings. The van der Waals surface area contributed by atoms with Crippen LogP contribution in [0.4, 0.5) is 0 Å². The van der Waals surface area contributed by atoms with Crippen molar-refractivity contribution in [2.45, 2.75) is 44.1 Å². The number of hydrogen-bond acceptors (Lipinski definition) is 4.